The first kappa shape index (κ1) is 29.2. The molecule has 2 amide bonds. The first-order valence-electron chi connectivity index (χ1n) is 12.8. The van der Waals surface area contributed by atoms with E-state index in [9.17, 15) is 9.59 Å². The van der Waals surface area contributed by atoms with Crippen LogP contribution < -0.4 is 24.6 Å². The van der Waals surface area contributed by atoms with Crippen LogP contribution in [-0.2, 0) is 16.0 Å². The zero-order valence-corrected chi connectivity index (χ0v) is 24.8. The van der Waals surface area contributed by atoms with Crippen LogP contribution in [0, 0.1) is 6.92 Å². The molecule has 40 heavy (non-hydrogen) atoms. The summed E-state index contributed by atoms with van der Waals surface area (Å²) in [5.74, 6) is 0.715. The third kappa shape index (κ3) is 6.16. The maximum absolute atomic E-state index is 13.8. The van der Waals surface area contributed by atoms with Crippen LogP contribution >= 0.6 is 23.8 Å². The van der Waals surface area contributed by atoms with E-state index in [-0.39, 0.29) is 18.2 Å². The van der Waals surface area contributed by atoms with Crippen LogP contribution in [0.5, 0.6) is 11.5 Å². The third-order valence-corrected chi connectivity index (χ3v) is 7.78. The molecule has 1 unspecified atom stereocenters. The Balaban J connectivity index is 1.59. The fourth-order valence-corrected chi connectivity index (χ4v) is 5.22. The maximum atomic E-state index is 13.8. The average molecular weight is 581 g/mol. The van der Waals surface area contributed by atoms with Gasteiger partial charge in [-0.25, -0.2) is 0 Å². The highest BCUT2D eigenvalue weighted by molar-refractivity contribution is 7.80. The van der Waals surface area contributed by atoms with Gasteiger partial charge in [-0.1, -0.05) is 23.7 Å². The number of carbonyl (C=O) groups excluding carboxylic acids is 2. The van der Waals surface area contributed by atoms with Crippen molar-refractivity contribution in [2.75, 3.05) is 50.0 Å². The summed E-state index contributed by atoms with van der Waals surface area (Å²) in [6, 6.07) is 17.9. The van der Waals surface area contributed by atoms with Gasteiger partial charge in [0.1, 0.15) is 6.04 Å². The molecule has 3 aromatic rings. The molecule has 1 aliphatic heterocycles. The standard InChI is InChI=1S/C30H33ClN4O4S/c1-19-23(31)7-6-8-24(19)32-28(36)18-25-29(37)35(22-12-10-21(11-13-22)33(2)3)30(40)34(25)16-15-20-9-14-26(38-4)27(17-20)39-5/h6-14,17,25H,15-16,18H2,1-5H3,(H,32,36). The van der Waals surface area contributed by atoms with Gasteiger partial charge in [0.25, 0.3) is 5.91 Å². The van der Waals surface area contributed by atoms with Gasteiger partial charge in [-0.2, -0.15) is 0 Å². The van der Waals surface area contributed by atoms with Gasteiger partial charge in [0, 0.05) is 37.0 Å². The van der Waals surface area contributed by atoms with Gasteiger partial charge in [-0.3, -0.25) is 14.5 Å². The zero-order chi connectivity index (χ0) is 29.0. The number of nitrogens with one attached hydrogen (secondary N) is 1. The number of carbonyl (C=O) groups is 2. The van der Waals surface area contributed by atoms with E-state index in [1.165, 1.54) is 4.90 Å². The summed E-state index contributed by atoms with van der Waals surface area (Å²) in [7, 11) is 7.08. The van der Waals surface area contributed by atoms with E-state index in [4.69, 9.17) is 33.3 Å². The van der Waals surface area contributed by atoms with E-state index < -0.39 is 6.04 Å². The minimum atomic E-state index is -0.763. The van der Waals surface area contributed by atoms with Gasteiger partial charge in [0.15, 0.2) is 16.6 Å². The molecule has 8 nitrogen and oxygen atoms in total. The summed E-state index contributed by atoms with van der Waals surface area (Å²) in [5.41, 5.74) is 4.02. The fraction of sp³-hybridized carbons (Fsp3) is 0.300. The third-order valence-electron chi connectivity index (χ3n) is 6.95. The molecule has 10 heteroatoms. The second kappa shape index (κ2) is 12.6. The van der Waals surface area contributed by atoms with Gasteiger partial charge in [0.05, 0.1) is 26.3 Å². The van der Waals surface area contributed by atoms with Crippen LogP contribution in [0.25, 0.3) is 0 Å². The molecular formula is C30H33ClN4O4S. The molecule has 3 aromatic carbocycles. The van der Waals surface area contributed by atoms with Crippen molar-refractivity contribution in [1.82, 2.24) is 4.90 Å². The largest absolute Gasteiger partial charge is 0.493 e. The van der Waals surface area contributed by atoms with E-state index in [0.717, 1.165) is 16.8 Å². The van der Waals surface area contributed by atoms with Crippen LogP contribution in [0.15, 0.2) is 60.7 Å². The molecule has 210 valence electrons. The van der Waals surface area contributed by atoms with Gasteiger partial charge in [-0.15, -0.1) is 0 Å². The SMILES string of the molecule is COc1ccc(CCN2C(=S)N(c3ccc(N(C)C)cc3)C(=O)C2CC(=O)Nc2cccc(Cl)c2C)cc1OC. The molecule has 1 atom stereocenters. The van der Waals surface area contributed by atoms with Crippen molar-refractivity contribution in [1.29, 1.82) is 0 Å². The molecule has 0 radical (unpaired) electrons. The highest BCUT2D eigenvalue weighted by atomic mass is 35.5. The Morgan fingerprint density at radius 2 is 1.75 bits per heavy atom. The second-order valence-electron chi connectivity index (χ2n) is 9.68. The summed E-state index contributed by atoms with van der Waals surface area (Å²) < 4.78 is 10.8. The molecule has 0 aromatic heterocycles. The molecular weight excluding hydrogens is 548 g/mol. The lowest BCUT2D eigenvalue weighted by molar-refractivity contribution is -0.124. The molecule has 1 saturated heterocycles. The Kier molecular flexibility index (Phi) is 9.17. The number of methoxy groups -OCH3 is 2. The number of nitrogens with zero attached hydrogens (tertiary/aromatic N) is 3. The Hall–Kier alpha value is -3.82. The molecule has 1 N–H and O–H groups in total. The number of rotatable bonds is 10. The van der Waals surface area contributed by atoms with Gasteiger partial charge in [0.2, 0.25) is 5.91 Å². The molecule has 0 aliphatic carbocycles. The maximum Gasteiger partial charge on any atom is 0.256 e. The molecule has 0 saturated carbocycles. The monoisotopic (exact) mass is 580 g/mol. The number of thiocarbonyl (C=S) groups is 1. The highest BCUT2D eigenvalue weighted by Gasteiger charge is 2.44. The lowest BCUT2D eigenvalue weighted by Crippen LogP contribution is -2.39. The summed E-state index contributed by atoms with van der Waals surface area (Å²) in [6.45, 7) is 2.27. The fourth-order valence-electron chi connectivity index (χ4n) is 4.63. The minimum Gasteiger partial charge on any atom is -0.493 e. The Bertz CT molecular complexity index is 1410. The number of amides is 2. The van der Waals surface area contributed by atoms with Crippen molar-refractivity contribution < 1.29 is 19.1 Å². The lowest BCUT2D eigenvalue weighted by atomic mass is 10.1. The molecule has 4 rings (SSSR count). The summed E-state index contributed by atoms with van der Waals surface area (Å²) in [5, 5.41) is 3.83. The summed E-state index contributed by atoms with van der Waals surface area (Å²) in [4.78, 5) is 32.3. The number of ether oxygens (including phenoxy) is 2. The topological polar surface area (TPSA) is 74.4 Å². The first-order valence-corrected chi connectivity index (χ1v) is 13.6. The second-order valence-corrected chi connectivity index (χ2v) is 10.5. The van der Waals surface area contributed by atoms with E-state index in [1.54, 1.807) is 32.4 Å². The first-order chi connectivity index (χ1) is 19.1. The van der Waals surface area contributed by atoms with Crippen molar-refractivity contribution in [3.8, 4) is 11.5 Å². The Morgan fingerprint density at radius 1 is 1.05 bits per heavy atom. The normalized spacial score (nSPS) is 14.9. The van der Waals surface area contributed by atoms with Crippen molar-refractivity contribution in [2.45, 2.75) is 25.8 Å². The predicted molar refractivity (Wildman–Crippen MR) is 164 cm³/mol. The number of benzene rings is 3. The molecule has 1 aliphatic rings. The smallest absolute Gasteiger partial charge is 0.256 e. The van der Waals surface area contributed by atoms with E-state index in [2.05, 4.69) is 5.32 Å². The summed E-state index contributed by atoms with van der Waals surface area (Å²) in [6.07, 6.45) is 0.510. The van der Waals surface area contributed by atoms with Gasteiger partial charge >= 0.3 is 0 Å². The van der Waals surface area contributed by atoms with Crippen LogP contribution in [0.3, 0.4) is 0 Å². The lowest BCUT2D eigenvalue weighted by Gasteiger charge is -2.24. The molecule has 1 heterocycles. The van der Waals surface area contributed by atoms with Crippen LogP contribution in [0.4, 0.5) is 17.1 Å². The zero-order valence-electron chi connectivity index (χ0n) is 23.2. The van der Waals surface area contributed by atoms with Crippen molar-refractivity contribution in [3.05, 3.63) is 76.8 Å². The highest BCUT2D eigenvalue weighted by Crippen LogP contribution is 2.31. The van der Waals surface area contributed by atoms with Crippen LogP contribution in [0.1, 0.15) is 17.5 Å². The Morgan fingerprint density at radius 3 is 2.40 bits per heavy atom. The van der Waals surface area contributed by atoms with Crippen LogP contribution in [-0.4, -0.2) is 62.7 Å². The summed E-state index contributed by atoms with van der Waals surface area (Å²) >= 11 is 12.1. The molecule has 0 bridgehead atoms. The molecule has 0 spiro atoms. The van der Waals surface area contributed by atoms with Gasteiger partial charge in [-0.05, 0) is 85.2 Å². The van der Waals surface area contributed by atoms with Gasteiger partial charge < -0.3 is 24.6 Å². The number of hydrogen-bond acceptors (Lipinski definition) is 6. The Labute approximate surface area is 245 Å². The predicted octanol–water partition coefficient (Wildman–Crippen LogP) is 5.31. The van der Waals surface area contributed by atoms with E-state index in [1.807, 2.05) is 73.3 Å². The molecule has 1 fully saturated rings. The van der Waals surface area contributed by atoms with Crippen molar-refractivity contribution >= 4 is 57.8 Å². The van der Waals surface area contributed by atoms with E-state index in [0.29, 0.717) is 46.0 Å². The van der Waals surface area contributed by atoms with Crippen LogP contribution in [0.2, 0.25) is 5.02 Å². The van der Waals surface area contributed by atoms with Crippen molar-refractivity contribution in [3.63, 3.8) is 0 Å². The van der Waals surface area contributed by atoms with E-state index >= 15 is 0 Å². The average Bonchev–Trinajstić information content (AvgIpc) is 3.17. The number of anilines is 3. The number of hydrogen-bond donors (Lipinski definition) is 1. The van der Waals surface area contributed by atoms with Crippen molar-refractivity contribution in [2.24, 2.45) is 0 Å². The number of halogens is 1. The minimum absolute atomic E-state index is 0.0663. The quantitative estimate of drug-likeness (QED) is 0.326.